The number of hydrogen-bond donors (Lipinski definition) is 5. The van der Waals surface area contributed by atoms with E-state index in [1.54, 1.807) is 11.4 Å². The average Bonchev–Trinajstić information content (AvgIpc) is 3.52. The second kappa shape index (κ2) is 12.9. The fraction of sp³-hybridized carbons (Fsp3) is 0.417. The number of thiophene rings is 1. The van der Waals surface area contributed by atoms with Crippen molar-refractivity contribution in [2.24, 2.45) is 11.7 Å². The minimum Gasteiger partial charge on any atom is -0.494 e. The van der Waals surface area contributed by atoms with E-state index in [0.29, 0.717) is 25.0 Å². The van der Waals surface area contributed by atoms with Gasteiger partial charge in [0.05, 0.1) is 19.7 Å². The number of nitrogens with two attached hydrogens (primary N) is 1. The Hall–Kier alpha value is -3.44. The molecule has 1 aliphatic heterocycles. The smallest absolute Gasteiger partial charge is 0.243 e. The molecule has 2 heterocycles. The SMILES string of the molecule is N=C(N)c1csc(CNC(=O)C2CC(CO)CN2C(=O)CNC(=O)CCCOc2ccccc2)c1. The number of para-hydroxylation sites is 1. The zero-order valence-electron chi connectivity index (χ0n) is 19.4. The first kappa shape index (κ1) is 26.2. The number of rotatable bonds is 12. The van der Waals surface area contributed by atoms with Crippen molar-refractivity contribution in [1.82, 2.24) is 15.5 Å². The van der Waals surface area contributed by atoms with Crippen molar-refractivity contribution < 1.29 is 24.2 Å². The average molecular weight is 502 g/mol. The van der Waals surface area contributed by atoms with Crippen LogP contribution < -0.4 is 21.1 Å². The largest absolute Gasteiger partial charge is 0.494 e. The molecule has 3 rings (SSSR count). The number of nitrogens with one attached hydrogen (secondary N) is 3. The summed E-state index contributed by atoms with van der Waals surface area (Å²) >= 11 is 1.38. The van der Waals surface area contributed by atoms with Crippen molar-refractivity contribution in [2.75, 3.05) is 26.3 Å². The minimum atomic E-state index is -0.719. The second-order valence-corrected chi connectivity index (χ2v) is 9.32. The molecular weight excluding hydrogens is 470 g/mol. The molecule has 35 heavy (non-hydrogen) atoms. The Balaban J connectivity index is 1.43. The van der Waals surface area contributed by atoms with E-state index in [1.165, 1.54) is 16.2 Å². The lowest BCUT2D eigenvalue weighted by Gasteiger charge is -2.24. The van der Waals surface area contributed by atoms with Gasteiger partial charge in [-0.2, -0.15) is 0 Å². The molecule has 3 amide bonds. The van der Waals surface area contributed by atoms with Gasteiger partial charge >= 0.3 is 0 Å². The lowest BCUT2D eigenvalue weighted by atomic mass is 10.1. The summed E-state index contributed by atoms with van der Waals surface area (Å²) < 4.78 is 5.56. The van der Waals surface area contributed by atoms with E-state index < -0.39 is 6.04 Å². The van der Waals surface area contributed by atoms with Crippen LogP contribution in [-0.2, 0) is 20.9 Å². The molecule has 1 aromatic carbocycles. The maximum Gasteiger partial charge on any atom is 0.243 e. The highest BCUT2D eigenvalue weighted by molar-refractivity contribution is 7.10. The van der Waals surface area contributed by atoms with Crippen molar-refractivity contribution in [3.8, 4) is 5.75 Å². The third-order valence-corrected chi connectivity index (χ3v) is 6.60. The maximum absolute atomic E-state index is 12.8. The van der Waals surface area contributed by atoms with Crippen molar-refractivity contribution in [3.63, 3.8) is 0 Å². The summed E-state index contributed by atoms with van der Waals surface area (Å²) in [4.78, 5) is 40.0. The highest BCUT2D eigenvalue weighted by Crippen LogP contribution is 2.24. The molecule has 10 nitrogen and oxygen atoms in total. The number of ether oxygens (including phenoxy) is 1. The molecule has 1 saturated heterocycles. The molecule has 1 aromatic heterocycles. The molecular formula is C24H31N5O5S. The van der Waals surface area contributed by atoms with E-state index in [0.717, 1.165) is 10.6 Å². The molecule has 0 bridgehead atoms. The number of amides is 3. The first-order chi connectivity index (χ1) is 16.9. The van der Waals surface area contributed by atoms with Crippen LogP contribution >= 0.6 is 11.3 Å². The molecule has 2 aromatic rings. The van der Waals surface area contributed by atoms with Gasteiger partial charge in [-0.15, -0.1) is 11.3 Å². The predicted octanol–water partition coefficient (Wildman–Crippen LogP) is 0.833. The van der Waals surface area contributed by atoms with Gasteiger partial charge in [0.15, 0.2) is 0 Å². The van der Waals surface area contributed by atoms with Crippen LogP contribution in [0.2, 0.25) is 0 Å². The van der Waals surface area contributed by atoms with E-state index in [1.807, 2.05) is 30.3 Å². The summed E-state index contributed by atoms with van der Waals surface area (Å²) in [5.74, 6) is -0.470. The van der Waals surface area contributed by atoms with Crippen molar-refractivity contribution in [3.05, 3.63) is 52.2 Å². The highest BCUT2D eigenvalue weighted by Gasteiger charge is 2.39. The summed E-state index contributed by atoms with van der Waals surface area (Å²) in [6.07, 6.45) is 1.07. The summed E-state index contributed by atoms with van der Waals surface area (Å²) in [5, 5.41) is 24.2. The Morgan fingerprint density at radius 3 is 2.69 bits per heavy atom. The Bertz CT molecular complexity index is 1030. The van der Waals surface area contributed by atoms with Crippen LogP contribution in [0.3, 0.4) is 0 Å². The van der Waals surface area contributed by atoms with Crippen LogP contribution in [0.4, 0.5) is 0 Å². The van der Waals surface area contributed by atoms with E-state index in [2.05, 4.69) is 10.6 Å². The lowest BCUT2D eigenvalue weighted by molar-refractivity contribution is -0.138. The zero-order chi connectivity index (χ0) is 25.2. The van der Waals surface area contributed by atoms with E-state index in [-0.39, 0.29) is 62.1 Å². The van der Waals surface area contributed by atoms with Gasteiger partial charge in [0.1, 0.15) is 17.6 Å². The number of aliphatic hydroxyl groups excluding tert-OH is 1. The molecule has 2 atom stereocenters. The Morgan fingerprint density at radius 2 is 2.00 bits per heavy atom. The summed E-state index contributed by atoms with van der Waals surface area (Å²) in [6, 6.07) is 10.3. The molecule has 1 fully saturated rings. The van der Waals surface area contributed by atoms with Crippen LogP contribution in [0.1, 0.15) is 29.7 Å². The molecule has 6 N–H and O–H groups in total. The molecule has 1 aliphatic rings. The van der Waals surface area contributed by atoms with Gasteiger partial charge in [-0.25, -0.2) is 0 Å². The number of nitrogen functional groups attached to an aromatic ring is 1. The monoisotopic (exact) mass is 501 g/mol. The first-order valence-corrected chi connectivity index (χ1v) is 12.3. The summed E-state index contributed by atoms with van der Waals surface area (Å²) in [5.41, 5.74) is 6.07. The fourth-order valence-electron chi connectivity index (χ4n) is 3.79. The highest BCUT2D eigenvalue weighted by atomic mass is 32.1. The molecule has 2 unspecified atom stereocenters. The third-order valence-electron chi connectivity index (χ3n) is 5.67. The molecule has 0 radical (unpaired) electrons. The first-order valence-electron chi connectivity index (χ1n) is 11.4. The summed E-state index contributed by atoms with van der Waals surface area (Å²) in [6.45, 7) is 0.542. The fourth-order valence-corrected chi connectivity index (χ4v) is 4.61. The van der Waals surface area contributed by atoms with E-state index in [4.69, 9.17) is 15.9 Å². The topological polar surface area (TPSA) is 158 Å². The minimum absolute atomic E-state index is 0.0389. The van der Waals surface area contributed by atoms with Crippen LogP contribution in [-0.4, -0.2) is 65.9 Å². The molecule has 188 valence electrons. The lowest BCUT2D eigenvalue weighted by Crippen LogP contribution is -2.48. The van der Waals surface area contributed by atoms with Gasteiger partial charge in [-0.05, 0) is 31.0 Å². The number of hydrogen-bond acceptors (Lipinski definition) is 7. The van der Waals surface area contributed by atoms with Gasteiger partial charge in [0, 0.05) is 41.3 Å². The number of carbonyl (C=O) groups excluding carboxylic acids is 3. The second-order valence-electron chi connectivity index (χ2n) is 8.32. The number of carbonyl (C=O) groups is 3. The van der Waals surface area contributed by atoms with E-state index >= 15 is 0 Å². The van der Waals surface area contributed by atoms with Gasteiger partial charge in [-0.1, -0.05) is 18.2 Å². The molecule has 0 saturated carbocycles. The van der Waals surface area contributed by atoms with Crippen LogP contribution in [0.25, 0.3) is 0 Å². The van der Waals surface area contributed by atoms with E-state index in [9.17, 15) is 19.5 Å². The summed E-state index contributed by atoms with van der Waals surface area (Å²) in [7, 11) is 0. The van der Waals surface area contributed by atoms with Gasteiger partial charge in [0.2, 0.25) is 17.7 Å². The predicted molar refractivity (Wildman–Crippen MR) is 132 cm³/mol. The molecule has 0 aliphatic carbocycles. The Kier molecular flexibility index (Phi) is 9.62. The quantitative estimate of drug-likeness (QED) is 0.165. The normalized spacial score (nSPS) is 17.1. The van der Waals surface area contributed by atoms with Crippen molar-refractivity contribution in [2.45, 2.75) is 31.8 Å². The van der Waals surface area contributed by atoms with Gasteiger partial charge in [-0.3, -0.25) is 19.8 Å². The van der Waals surface area contributed by atoms with Crippen LogP contribution in [0, 0.1) is 11.3 Å². The van der Waals surface area contributed by atoms with Gasteiger partial charge < -0.3 is 31.1 Å². The number of likely N-dealkylation sites (tertiary alicyclic amines) is 1. The standard InChI is InChI=1S/C24H31N5O5S/c25-23(26)17-10-19(35-15-17)11-28-24(33)20-9-16(14-30)13-29(20)22(32)12-27-21(31)7-4-8-34-18-5-2-1-3-6-18/h1-3,5-6,10,15-16,20,30H,4,7-9,11-14H2,(H3,25,26)(H,27,31)(H,28,33). The Labute approximate surface area is 208 Å². The van der Waals surface area contributed by atoms with Crippen molar-refractivity contribution in [1.29, 1.82) is 5.41 Å². The third kappa shape index (κ3) is 7.79. The maximum atomic E-state index is 12.8. The van der Waals surface area contributed by atoms with Crippen LogP contribution in [0.15, 0.2) is 41.8 Å². The zero-order valence-corrected chi connectivity index (χ0v) is 20.2. The Morgan fingerprint density at radius 1 is 1.23 bits per heavy atom. The van der Waals surface area contributed by atoms with Crippen molar-refractivity contribution >= 4 is 34.9 Å². The number of aliphatic hydroxyl groups is 1. The number of nitrogens with zero attached hydrogens (tertiary/aromatic N) is 1. The number of benzene rings is 1. The molecule has 0 spiro atoms. The van der Waals surface area contributed by atoms with Gasteiger partial charge in [0.25, 0.3) is 0 Å². The number of amidine groups is 1. The molecule has 11 heteroatoms. The van der Waals surface area contributed by atoms with Crippen LogP contribution in [0.5, 0.6) is 5.75 Å².